The fourth-order valence-electron chi connectivity index (χ4n) is 0.329. The van der Waals surface area contributed by atoms with Crippen molar-refractivity contribution in [1.82, 2.24) is 0 Å². The van der Waals surface area contributed by atoms with E-state index in [2.05, 4.69) is 0 Å². The largest absolute Gasteiger partial charge is 1.00 e. The van der Waals surface area contributed by atoms with E-state index in [1.807, 2.05) is 13.8 Å². The van der Waals surface area contributed by atoms with Crippen molar-refractivity contribution in [3.05, 3.63) is 0 Å². The average Bonchev–Trinajstić information content (AvgIpc) is 1.64. The number of halogens is 1. The Morgan fingerprint density at radius 2 is 1.89 bits per heavy atom. The smallest absolute Gasteiger partial charge is 1.00 e. The summed E-state index contributed by atoms with van der Waals surface area (Å²) in [6.45, 7) is 3.71. The van der Waals surface area contributed by atoms with Crippen molar-refractivity contribution in [2.45, 2.75) is 19.9 Å². The number of carbonyl (C=O) groups is 1. The van der Waals surface area contributed by atoms with Crippen LogP contribution in [-0.4, -0.2) is 11.9 Å². The van der Waals surface area contributed by atoms with E-state index < -0.39 is 11.9 Å². The van der Waals surface area contributed by atoms with Crippen LogP contribution in [0.15, 0.2) is 0 Å². The maximum absolute atomic E-state index is 10.2. The molecular weight excluding hydrogens is 140 g/mol. The molecule has 0 aromatic heterocycles. The van der Waals surface area contributed by atoms with Crippen LogP contribution in [0.3, 0.4) is 0 Å². The Hall–Kier alpha value is -0.280. The third-order valence-electron chi connectivity index (χ3n) is 1.05. The van der Waals surface area contributed by atoms with Gasteiger partial charge in [0.25, 0.3) is 0 Å². The fourth-order valence-corrected chi connectivity index (χ4v) is 0.329. The summed E-state index contributed by atoms with van der Waals surface area (Å²) in [5.41, 5.74) is 10.2. The molecule has 1 amide bonds. The Balaban J connectivity index is -0.000000245. The lowest BCUT2D eigenvalue weighted by molar-refractivity contribution is -0.120. The summed E-state index contributed by atoms with van der Waals surface area (Å²) in [4.78, 5) is 10.2. The van der Waals surface area contributed by atoms with Crippen LogP contribution in [0.2, 0.25) is 0 Å². The van der Waals surface area contributed by atoms with Crippen LogP contribution in [0.5, 0.6) is 0 Å². The van der Waals surface area contributed by atoms with Crippen LogP contribution >= 0.6 is 0 Å². The summed E-state index contributed by atoms with van der Waals surface area (Å²) >= 11 is 0. The van der Waals surface area contributed by atoms with Crippen LogP contribution in [-0.2, 0) is 4.79 Å². The van der Waals surface area contributed by atoms with Crippen molar-refractivity contribution >= 4 is 5.91 Å². The van der Waals surface area contributed by atoms with Gasteiger partial charge in [-0.1, -0.05) is 13.8 Å². The lowest BCUT2D eigenvalue weighted by Gasteiger charge is -2.09. The molecule has 0 spiro atoms. The lowest BCUT2D eigenvalue weighted by atomic mass is 10.1. The van der Waals surface area contributed by atoms with Gasteiger partial charge in [-0.25, -0.2) is 0 Å². The topological polar surface area (TPSA) is 69.1 Å². The number of nitrogens with two attached hydrogens (primary N) is 2. The molecule has 3 nitrogen and oxygen atoms in total. The molecule has 0 fully saturated rings. The summed E-state index contributed by atoms with van der Waals surface area (Å²) in [7, 11) is 0. The van der Waals surface area contributed by atoms with E-state index in [0.29, 0.717) is 0 Å². The van der Waals surface area contributed by atoms with Crippen LogP contribution in [0.1, 0.15) is 15.3 Å². The van der Waals surface area contributed by atoms with Gasteiger partial charge in [-0.3, -0.25) is 4.79 Å². The van der Waals surface area contributed by atoms with Crippen molar-refractivity contribution in [1.29, 1.82) is 0 Å². The molecule has 0 aliphatic rings. The molecule has 0 saturated carbocycles. The zero-order chi connectivity index (χ0) is 6.73. The van der Waals surface area contributed by atoms with Crippen molar-refractivity contribution in [2.24, 2.45) is 17.4 Å². The van der Waals surface area contributed by atoms with Gasteiger partial charge in [-0.15, -0.1) is 0 Å². The van der Waals surface area contributed by atoms with Crippen molar-refractivity contribution in [3.8, 4) is 0 Å². The Kier molecular flexibility index (Phi) is 5.86. The van der Waals surface area contributed by atoms with Crippen LogP contribution < -0.4 is 23.9 Å². The maximum Gasteiger partial charge on any atom is 1.00 e. The summed E-state index contributed by atoms with van der Waals surface area (Å²) < 4.78 is 0. The first kappa shape index (κ1) is 11.5. The van der Waals surface area contributed by atoms with E-state index >= 15 is 0 Å². The molecule has 0 unspecified atom stereocenters. The molecule has 0 saturated heterocycles. The first-order valence-electron chi connectivity index (χ1n) is 2.60. The van der Waals surface area contributed by atoms with Gasteiger partial charge in [0.15, 0.2) is 0 Å². The number of amides is 1. The van der Waals surface area contributed by atoms with Crippen LogP contribution in [0.25, 0.3) is 0 Å². The third kappa shape index (κ3) is 4.24. The second-order valence-corrected chi connectivity index (χ2v) is 2.17. The number of carbonyl (C=O) groups excluding carboxylic acids is 1. The molecule has 0 rings (SSSR count). The van der Waals surface area contributed by atoms with Gasteiger partial charge >= 0.3 is 1.43 Å². The first-order valence-corrected chi connectivity index (χ1v) is 2.60. The van der Waals surface area contributed by atoms with E-state index in [1.165, 1.54) is 0 Å². The molecule has 4 heteroatoms. The van der Waals surface area contributed by atoms with Gasteiger partial charge in [-0.2, -0.15) is 0 Å². The van der Waals surface area contributed by atoms with Crippen LogP contribution in [0, 0.1) is 5.92 Å². The molecule has 0 bridgehead atoms. The highest BCUT2D eigenvalue weighted by Crippen LogP contribution is 1.95. The zero-order valence-corrected chi connectivity index (χ0v) is 6.35. The van der Waals surface area contributed by atoms with Crippen molar-refractivity contribution in [3.63, 3.8) is 0 Å². The number of hydrogen-bond acceptors (Lipinski definition) is 2. The standard InChI is InChI=1S/C5H12N2O.ClH/c1-3(2)4(6)5(7)8;/h3-4H,6H2,1-2H3,(H2,7,8);1H/t4-;/m0./s1. The highest BCUT2D eigenvalue weighted by molar-refractivity contribution is 5.79. The van der Waals surface area contributed by atoms with Crippen LogP contribution in [0.4, 0.5) is 0 Å². The Morgan fingerprint density at radius 3 is 1.89 bits per heavy atom. The molecule has 0 heterocycles. The van der Waals surface area contributed by atoms with E-state index in [4.69, 9.17) is 11.5 Å². The van der Waals surface area contributed by atoms with E-state index in [0.717, 1.165) is 0 Å². The first-order chi connectivity index (χ1) is 3.55. The summed E-state index contributed by atoms with van der Waals surface area (Å²) in [6.07, 6.45) is 0. The molecule has 0 aromatic rings. The molecule has 0 radical (unpaired) electrons. The minimum Gasteiger partial charge on any atom is -1.00 e. The van der Waals surface area contributed by atoms with E-state index in [9.17, 15) is 4.79 Å². The predicted octanol–water partition coefficient (Wildman–Crippen LogP) is -3.43. The van der Waals surface area contributed by atoms with Crippen molar-refractivity contribution < 1.29 is 18.6 Å². The minimum absolute atomic E-state index is 0. The van der Waals surface area contributed by atoms with Gasteiger partial charge in [-0.05, 0) is 5.92 Å². The molecule has 0 aliphatic heterocycles. The Morgan fingerprint density at radius 1 is 1.56 bits per heavy atom. The molecule has 0 aromatic carbocycles. The van der Waals surface area contributed by atoms with Gasteiger partial charge in [0, 0.05) is 0 Å². The van der Waals surface area contributed by atoms with Gasteiger partial charge in [0.2, 0.25) is 5.91 Å². The number of hydrogen-bond donors (Lipinski definition) is 2. The van der Waals surface area contributed by atoms with E-state index in [-0.39, 0.29) is 19.8 Å². The summed E-state index contributed by atoms with van der Waals surface area (Å²) in [5, 5.41) is 0. The second kappa shape index (κ2) is 4.58. The molecule has 4 N–H and O–H groups in total. The van der Waals surface area contributed by atoms with Gasteiger partial charge in [0.05, 0.1) is 6.04 Å². The third-order valence-corrected chi connectivity index (χ3v) is 1.05. The maximum atomic E-state index is 10.2. The van der Waals surface area contributed by atoms with E-state index in [1.54, 1.807) is 0 Å². The SMILES string of the molecule is CC(C)[C@H](N)C(N)=O.[Cl-].[H+]. The van der Waals surface area contributed by atoms with Gasteiger partial charge < -0.3 is 23.9 Å². The molecule has 9 heavy (non-hydrogen) atoms. The second-order valence-electron chi connectivity index (χ2n) is 2.17. The normalized spacial score (nSPS) is 12.4. The fraction of sp³-hybridized carbons (Fsp3) is 0.800. The molecule has 1 atom stereocenters. The monoisotopic (exact) mass is 152 g/mol. The lowest BCUT2D eigenvalue weighted by Crippen LogP contribution is -3.00. The summed E-state index contributed by atoms with van der Waals surface area (Å²) in [5.74, 6) is -0.285. The van der Waals surface area contributed by atoms with Crippen molar-refractivity contribution in [2.75, 3.05) is 0 Å². The zero-order valence-electron chi connectivity index (χ0n) is 6.60. The highest BCUT2D eigenvalue weighted by atomic mass is 35.5. The Bertz CT molecular complexity index is 99.6. The summed E-state index contributed by atoms with van der Waals surface area (Å²) in [6, 6.07) is -0.491. The molecule has 56 valence electrons. The molecule has 0 aliphatic carbocycles. The Labute approximate surface area is 62.7 Å². The average molecular weight is 153 g/mol. The number of primary amides is 1. The minimum atomic E-state index is -0.491. The number of rotatable bonds is 2. The molecular formula is C5H13ClN2O. The highest BCUT2D eigenvalue weighted by Gasteiger charge is 2.12. The van der Waals surface area contributed by atoms with Gasteiger partial charge in [0.1, 0.15) is 0 Å². The quantitative estimate of drug-likeness (QED) is 0.433. The predicted molar refractivity (Wildman–Crippen MR) is 33.1 cm³/mol.